The molecule has 2 amide bonds. The lowest BCUT2D eigenvalue weighted by Crippen LogP contribution is -2.43. The second-order valence-electron chi connectivity index (χ2n) is 6.49. The van der Waals surface area contributed by atoms with Gasteiger partial charge in [-0.2, -0.15) is 0 Å². The maximum absolute atomic E-state index is 12.5. The van der Waals surface area contributed by atoms with Crippen molar-refractivity contribution >= 4 is 35.8 Å². The third-order valence-electron chi connectivity index (χ3n) is 4.25. The normalized spacial score (nSPS) is 11.8. The van der Waals surface area contributed by atoms with Crippen LogP contribution in [0.3, 0.4) is 0 Å². The van der Waals surface area contributed by atoms with Crippen LogP contribution in [0.1, 0.15) is 18.1 Å². The number of anilines is 1. The number of hydrogen-bond donors (Lipinski definition) is 4. The van der Waals surface area contributed by atoms with E-state index in [0.717, 1.165) is 10.9 Å². The molecular formula is C20H21BN2O6. The summed E-state index contributed by atoms with van der Waals surface area (Å²) in [6, 6.07) is 14.3. The summed E-state index contributed by atoms with van der Waals surface area (Å²) >= 11 is 0. The molecule has 29 heavy (non-hydrogen) atoms. The minimum absolute atomic E-state index is 0.0238. The van der Waals surface area contributed by atoms with Crippen molar-refractivity contribution in [2.24, 2.45) is 0 Å². The van der Waals surface area contributed by atoms with Crippen LogP contribution in [0.15, 0.2) is 59.2 Å². The number of benzene rings is 2. The van der Waals surface area contributed by atoms with Crippen LogP contribution in [0.25, 0.3) is 11.0 Å². The molecule has 9 heteroatoms. The van der Waals surface area contributed by atoms with Gasteiger partial charge in [0.1, 0.15) is 11.8 Å². The molecule has 0 aliphatic heterocycles. The van der Waals surface area contributed by atoms with E-state index in [0.29, 0.717) is 16.8 Å². The highest BCUT2D eigenvalue weighted by Gasteiger charge is 2.22. The van der Waals surface area contributed by atoms with Gasteiger partial charge in [-0.05, 0) is 17.7 Å². The van der Waals surface area contributed by atoms with Crippen LogP contribution < -0.4 is 10.6 Å². The number of hydrogen-bond acceptors (Lipinski definition) is 6. The van der Waals surface area contributed by atoms with E-state index in [2.05, 4.69) is 10.6 Å². The molecule has 0 unspecified atom stereocenters. The minimum Gasteiger partial charge on any atom is -0.464 e. The first kappa shape index (κ1) is 20.6. The number of rotatable bonds is 8. The van der Waals surface area contributed by atoms with E-state index in [-0.39, 0.29) is 18.7 Å². The summed E-state index contributed by atoms with van der Waals surface area (Å²) in [5.74, 6) is -0.643. The summed E-state index contributed by atoms with van der Waals surface area (Å²) in [5.41, 5.74) is 2.60. The first-order valence-electron chi connectivity index (χ1n) is 9.04. The van der Waals surface area contributed by atoms with Gasteiger partial charge in [-0.3, -0.25) is 9.59 Å². The predicted octanol–water partition coefficient (Wildman–Crippen LogP) is 1.60. The Hall–Kier alpha value is -3.14. The Kier molecular flexibility index (Phi) is 6.66. The molecule has 4 N–H and O–H groups in total. The molecule has 8 nitrogen and oxygen atoms in total. The van der Waals surface area contributed by atoms with Crippen LogP contribution in [0.5, 0.6) is 0 Å². The van der Waals surface area contributed by atoms with Crippen LogP contribution in [-0.4, -0.2) is 35.4 Å². The van der Waals surface area contributed by atoms with Gasteiger partial charge >= 0.3 is 7.32 Å². The average Bonchev–Trinajstić information content (AvgIpc) is 3.05. The second kappa shape index (κ2) is 9.38. The molecular weight excluding hydrogens is 375 g/mol. The van der Waals surface area contributed by atoms with Gasteiger partial charge in [0, 0.05) is 30.0 Å². The monoisotopic (exact) mass is 396 g/mol. The lowest BCUT2D eigenvalue weighted by atomic mass is 10.1. The first-order chi connectivity index (χ1) is 13.9. The Labute approximate surface area is 167 Å². The summed E-state index contributed by atoms with van der Waals surface area (Å²) in [6.07, 6.45) is 0.706. The van der Waals surface area contributed by atoms with Crippen molar-refractivity contribution in [3.63, 3.8) is 0 Å². The van der Waals surface area contributed by atoms with E-state index in [4.69, 9.17) is 9.07 Å². The van der Waals surface area contributed by atoms with E-state index < -0.39 is 19.5 Å². The van der Waals surface area contributed by atoms with Crippen molar-refractivity contribution < 1.29 is 28.7 Å². The Balaban J connectivity index is 1.72. The summed E-state index contributed by atoms with van der Waals surface area (Å²) < 4.78 is 10.5. The molecule has 0 saturated carbocycles. The molecule has 1 heterocycles. The number of carbonyl (C=O) groups excluding carboxylic acids is 2. The molecule has 0 fully saturated rings. The first-order valence-corrected chi connectivity index (χ1v) is 9.04. The van der Waals surface area contributed by atoms with E-state index in [1.165, 1.54) is 6.92 Å². The lowest BCUT2D eigenvalue weighted by molar-refractivity contribution is -0.123. The average molecular weight is 396 g/mol. The summed E-state index contributed by atoms with van der Waals surface area (Å²) in [6.45, 7) is 1.39. The van der Waals surface area contributed by atoms with Gasteiger partial charge in [0.2, 0.25) is 11.8 Å². The van der Waals surface area contributed by atoms with Gasteiger partial charge in [-0.25, -0.2) is 0 Å². The Morgan fingerprint density at radius 2 is 1.83 bits per heavy atom. The fraction of sp³-hybridized carbons (Fsp3) is 0.200. The zero-order chi connectivity index (χ0) is 20.8. The third-order valence-corrected chi connectivity index (χ3v) is 4.25. The zero-order valence-electron chi connectivity index (χ0n) is 15.8. The van der Waals surface area contributed by atoms with Gasteiger partial charge < -0.3 is 29.8 Å². The van der Waals surface area contributed by atoms with E-state index in [1.807, 2.05) is 24.3 Å². The van der Waals surface area contributed by atoms with Gasteiger partial charge in [0.05, 0.1) is 12.7 Å². The van der Waals surface area contributed by atoms with Crippen LogP contribution in [0.2, 0.25) is 0 Å². The minimum atomic E-state index is -2.05. The Morgan fingerprint density at radius 1 is 1.10 bits per heavy atom. The van der Waals surface area contributed by atoms with E-state index >= 15 is 0 Å². The standard InChI is InChI=1S/C20H21BN2O6/c1-13(24)22-17-8-4-2-6-14(17)10-19(25)23-20(29-21(26)27)11-15-12-28-18-9-5-3-7-16(15)18/h2-9,12,20,26-27H,10-11H2,1H3,(H,22,24)(H,23,25)/t20-/m1/s1. The van der Waals surface area contributed by atoms with Gasteiger partial charge in [-0.15, -0.1) is 0 Å². The number of fused-ring (bicyclic) bond motifs is 1. The smallest absolute Gasteiger partial charge is 0.464 e. The topological polar surface area (TPSA) is 121 Å². The predicted molar refractivity (Wildman–Crippen MR) is 108 cm³/mol. The molecule has 150 valence electrons. The van der Waals surface area contributed by atoms with Crippen molar-refractivity contribution in [2.45, 2.75) is 26.0 Å². The molecule has 0 radical (unpaired) electrons. The number of para-hydroxylation sites is 2. The summed E-state index contributed by atoms with van der Waals surface area (Å²) in [5, 5.41) is 24.6. The molecule has 0 aliphatic rings. The number of carbonyl (C=O) groups is 2. The summed E-state index contributed by atoms with van der Waals surface area (Å²) in [4.78, 5) is 23.9. The maximum Gasteiger partial charge on any atom is 0.635 e. The molecule has 0 spiro atoms. The van der Waals surface area contributed by atoms with Crippen molar-refractivity contribution in [1.82, 2.24) is 5.32 Å². The highest BCUT2D eigenvalue weighted by atomic mass is 16.6. The largest absolute Gasteiger partial charge is 0.635 e. The SMILES string of the molecule is CC(=O)Nc1ccccc1CC(=O)N[C@@H](Cc1coc2ccccc12)OB(O)O. The van der Waals surface area contributed by atoms with Crippen molar-refractivity contribution in [2.75, 3.05) is 5.32 Å². The number of amides is 2. The third kappa shape index (κ3) is 5.67. The van der Waals surface area contributed by atoms with Gasteiger partial charge in [-0.1, -0.05) is 36.4 Å². The zero-order valence-corrected chi connectivity index (χ0v) is 15.8. The highest BCUT2D eigenvalue weighted by molar-refractivity contribution is 6.32. The van der Waals surface area contributed by atoms with Crippen molar-refractivity contribution in [1.29, 1.82) is 0 Å². The highest BCUT2D eigenvalue weighted by Crippen LogP contribution is 2.22. The van der Waals surface area contributed by atoms with Gasteiger partial charge in [0.25, 0.3) is 0 Å². The Morgan fingerprint density at radius 3 is 2.59 bits per heavy atom. The molecule has 0 saturated heterocycles. The van der Waals surface area contributed by atoms with Crippen LogP contribution in [0.4, 0.5) is 5.69 Å². The molecule has 3 rings (SSSR count). The quantitative estimate of drug-likeness (QED) is 0.339. The molecule has 0 bridgehead atoms. The van der Waals surface area contributed by atoms with E-state index in [1.54, 1.807) is 30.5 Å². The molecule has 3 aromatic rings. The number of furan rings is 1. The second-order valence-corrected chi connectivity index (χ2v) is 6.49. The van der Waals surface area contributed by atoms with Crippen LogP contribution >= 0.6 is 0 Å². The van der Waals surface area contributed by atoms with Crippen LogP contribution in [-0.2, 0) is 27.1 Å². The lowest BCUT2D eigenvalue weighted by Gasteiger charge is -2.19. The molecule has 0 aliphatic carbocycles. The summed E-state index contributed by atoms with van der Waals surface area (Å²) in [7, 11) is -2.05. The van der Waals surface area contributed by atoms with Gasteiger partial charge in [0.15, 0.2) is 0 Å². The van der Waals surface area contributed by atoms with Crippen LogP contribution in [0, 0.1) is 0 Å². The van der Waals surface area contributed by atoms with Crippen molar-refractivity contribution in [3.8, 4) is 0 Å². The fourth-order valence-electron chi connectivity index (χ4n) is 3.06. The van der Waals surface area contributed by atoms with Crippen molar-refractivity contribution in [3.05, 3.63) is 65.9 Å². The molecule has 2 aromatic carbocycles. The number of nitrogens with one attached hydrogen (secondary N) is 2. The Bertz CT molecular complexity index is 1000. The molecule has 1 aromatic heterocycles. The fourth-order valence-corrected chi connectivity index (χ4v) is 3.06. The maximum atomic E-state index is 12.5. The van der Waals surface area contributed by atoms with E-state index in [9.17, 15) is 19.6 Å². The molecule has 1 atom stereocenters.